The molecule has 0 aliphatic heterocycles. The second-order valence-corrected chi connectivity index (χ2v) is 42.4. The quantitative estimate of drug-likeness (QED) is 0.359. The molecule has 104 valence electrons. The summed E-state index contributed by atoms with van der Waals surface area (Å²) >= 11 is 39.1. The van der Waals surface area contributed by atoms with Crippen molar-refractivity contribution in [2.45, 2.75) is 51.6 Å². The SMILES string of the molecule is CC(C)(C)[Si](Cl)(Cl)[Si](Cl)(C(C)(C)C)[Si](Cl)(Cl)Cl. The summed E-state index contributed by atoms with van der Waals surface area (Å²) in [6.07, 6.45) is -5.85. The van der Waals surface area contributed by atoms with Crippen LogP contribution in [0.25, 0.3) is 0 Å². The third kappa shape index (κ3) is 3.35. The van der Waals surface area contributed by atoms with Crippen LogP contribution < -0.4 is 0 Å². The van der Waals surface area contributed by atoms with Gasteiger partial charge in [-0.15, -0.1) is 55.4 Å². The van der Waals surface area contributed by atoms with E-state index in [2.05, 4.69) is 0 Å². The Balaban J connectivity index is 6.04. The van der Waals surface area contributed by atoms with Gasteiger partial charge in [-0.3, -0.25) is 0 Å². The molecule has 0 spiro atoms. The van der Waals surface area contributed by atoms with Crippen molar-refractivity contribution in [2.75, 3.05) is 0 Å². The molecule has 0 aromatic carbocycles. The number of hydrogen-bond acceptors (Lipinski definition) is 0. The van der Waals surface area contributed by atoms with E-state index in [0.717, 1.165) is 0 Å². The topological polar surface area (TPSA) is 0 Å². The zero-order valence-corrected chi connectivity index (χ0v) is 18.3. The molecule has 0 aliphatic rings. The van der Waals surface area contributed by atoms with Gasteiger partial charge >= 0.3 is 5.52 Å². The molecule has 0 nitrogen and oxygen atoms in total. The van der Waals surface area contributed by atoms with Gasteiger partial charge in [0, 0.05) is 0 Å². The van der Waals surface area contributed by atoms with Crippen molar-refractivity contribution in [3.63, 3.8) is 0 Å². The molecule has 0 N–H and O–H groups in total. The second kappa shape index (κ2) is 5.30. The number of rotatable bonds is 2. The molecule has 0 heterocycles. The molecule has 9 heteroatoms. The highest BCUT2D eigenvalue weighted by Gasteiger charge is 2.75. The zero-order chi connectivity index (χ0) is 14.5. The van der Waals surface area contributed by atoms with E-state index in [1.807, 2.05) is 41.5 Å². The first-order chi connectivity index (χ1) is 7.00. The molecule has 0 radical (unpaired) electrons. The van der Waals surface area contributed by atoms with Gasteiger partial charge in [0.1, 0.15) is 0 Å². The van der Waals surface area contributed by atoms with Crippen LogP contribution in [0.1, 0.15) is 41.5 Å². The summed E-state index contributed by atoms with van der Waals surface area (Å²) in [6, 6.07) is 0. The minimum atomic E-state index is -3.17. The fourth-order valence-corrected chi connectivity index (χ4v) is 63.2. The highest BCUT2D eigenvalue weighted by molar-refractivity contribution is 8.13. The summed E-state index contributed by atoms with van der Waals surface area (Å²) in [5, 5.41) is -0.677. The van der Waals surface area contributed by atoms with E-state index in [4.69, 9.17) is 66.5 Å². The van der Waals surface area contributed by atoms with Gasteiger partial charge in [0.05, 0.1) is 0 Å². The van der Waals surface area contributed by atoms with Crippen molar-refractivity contribution in [1.29, 1.82) is 0 Å². The molecule has 0 bridgehead atoms. The number of halogens is 6. The Bertz CT molecular complexity index is 271. The Morgan fingerprint density at radius 2 is 0.882 bits per heavy atom. The maximum Gasteiger partial charge on any atom is 0.342 e. The van der Waals surface area contributed by atoms with E-state index in [1.54, 1.807) is 0 Å². The lowest BCUT2D eigenvalue weighted by atomic mass is 10.2. The first-order valence-electron chi connectivity index (χ1n) is 5.13. The fraction of sp³-hybridized carbons (Fsp3) is 1.00. The van der Waals surface area contributed by atoms with E-state index in [0.29, 0.717) is 0 Å². The maximum atomic E-state index is 6.87. The van der Waals surface area contributed by atoms with E-state index in [9.17, 15) is 0 Å². The molecule has 0 amide bonds. The first kappa shape index (κ1) is 19.4. The van der Waals surface area contributed by atoms with Gasteiger partial charge in [-0.05, 0) is 10.1 Å². The monoisotopic (exact) mass is 408 g/mol. The van der Waals surface area contributed by atoms with E-state index < -0.39 is 18.2 Å². The standard InChI is InChI=1S/C8H18Cl6Si3/c1-7(2,3)15(9,10)16(11,8(4,5)6)17(12,13)14/h1-6H3. The molecule has 0 aromatic rings. The fourth-order valence-electron chi connectivity index (χ4n) is 1.59. The summed E-state index contributed by atoms with van der Waals surface area (Å²) in [5.74, 6) is 0. The van der Waals surface area contributed by atoms with Crippen LogP contribution in [0.15, 0.2) is 0 Å². The van der Waals surface area contributed by atoms with Crippen LogP contribution in [0.4, 0.5) is 0 Å². The summed E-state index contributed by atoms with van der Waals surface area (Å²) in [4.78, 5) is 0. The summed E-state index contributed by atoms with van der Waals surface area (Å²) in [5.41, 5.74) is -3.17. The van der Waals surface area contributed by atoms with Gasteiger partial charge in [-0.2, -0.15) is 11.1 Å². The predicted molar refractivity (Wildman–Crippen MR) is 91.8 cm³/mol. The molecule has 1 atom stereocenters. The van der Waals surface area contributed by atoms with Crippen molar-refractivity contribution in [1.82, 2.24) is 0 Å². The highest BCUT2D eigenvalue weighted by atomic mass is 35.9. The minimum Gasteiger partial charge on any atom is -0.166 e. The lowest BCUT2D eigenvalue weighted by Gasteiger charge is -2.51. The van der Waals surface area contributed by atoms with Crippen molar-refractivity contribution in [3.05, 3.63) is 0 Å². The Morgan fingerprint density at radius 3 is 0.941 bits per heavy atom. The molecule has 1 unspecified atom stereocenters. The third-order valence-electron chi connectivity index (χ3n) is 2.80. The van der Waals surface area contributed by atoms with Crippen LogP contribution in [0.3, 0.4) is 0 Å². The van der Waals surface area contributed by atoms with E-state index >= 15 is 0 Å². The highest BCUT2D eigenvalue weighted by Crippen LogP contribution is 2.62. The molecule has 17 heavy (non-hydrogen) atoms. The second-order valence-electron chi connectivity index (χ2n) is 6.23. The van der Waals surface area contributed by atoms with E-state index in [-0.39, 0.29) is 10.1 Å². The molecule has 0 aromatic heterocycles. The van der Waals surface area contributed by atoms with Crippen molar-refractivity contribution < 1.29 is 0 Å². The Morgan fingerprint density at radius 1 is 0.588 bits per heavy atom. The Kier molecular flexibility index (Phi) is 6.05. The van der Waals surface area contributed by atoms with E-state index in [1.165, 1.54) is 0 Å². The van der Waals surface area contributed by atoms with Gasteiger partial charge in [0.2, 0.25) is 6.42 Å². The van der Waals surface area contributed by atoms with Gasteiger partial charge in [-0.25, -0.2) is 0 Å². The van der Waals surface area contributed by atoms with Crippen LogP contribution in [0.5, 0.6) is 0 Å². The van der Waals surface area contributed by atoms with Crippen molar-refractivity contribution >= 4 is 84.6 Å². The van der Waals surface area contributed by atoms with Gasteiger partial charge in [0.25, 0.3) is 6.21 Å². The smallest absolute Gasteiger partial charge is 0.166 e. The first-order valence-corrected chi connectivity index (χ1v) is 19.2. The minimum absolute atomic E-state index is 0.325. The summed E-state index contributed by atoms with van der Waals surface area (Å²) in [7, 11) is 0. The van der Waals surface area contributed by atoms with Crippen LogP contribution in [0, 0.1) is 0 Å². The van der Waals surface area contributed by atoms with Crippen molar-refractivity contribution in [3.8, 4) is 0 Å². The third-order valence-corrected chi connectivity index (χ3v) is 61.3. The average Bonchev–Trinajstić information content (AvgIpc) is 1.95. The van der Waals surface area contributed by atoms with Gasteiger partial charge in [0.15, 0.2) is 0 Å². The van der Waals surface area contributed by atoms with Gasteiger partial charge in [-0.1, -0.05) is 41.5 Å². The number of hydrogen-bond donors (Lipinski definition) is 0. The summed E-state index contributed by atoms with van der Waals surface area (Å²) < 4.78 is 0. The molecule has 0 saturated carbocycles. The molecule has 0 saturated heterocycles. The van der Waals surface area contributed by atoms with Crippen LogP contribution in [0.2, 0.25) is 10.1 Å². The van der Waals surface area contributed by atoms with Crippen LogP contribution in [-0.2, 0) is 0 Å². The lowest BCUT2D eigenvalue weighted by molar-refractivity contribution is 0.728. The largest absolute Gasteiger partial charge is 0.342 e. The zero-order valence-electron chi connectivity index (χ0n) is 10.8. The molecule has 0 rings (SSSR count). The van der Waals surface area contributed by atoms with Gasteiger partial charge < -0.3 is 0 Å². The van der Waals surface area contributed by atoms with Crippen LogP contribution >= 0.6 is 66.5 Å². The molecular formula is C8H18Cl6Si3. The van der Waals surface area contributed by atoms with Crippen molar-refractivity contribution in [2.24, 2.45) is 0 Å². The molecular weight excluding hydrogens is 393 g/mol. The average molecular weight is 411 g/mol. The Labute approximate surface area is 135 Å². The maximum absolute atomic E-state index is 6.87. The van der Waals surface area contributed by atoms with Crippen LogP contribution in [-0.4, -0.2) is 18.2 Å². The molecule has 0 fully saturated rings. The summed E-state index contributed by atoms with van der Waals surface area (Å²) in [6.45, 7) is 11.8. The Hall–Kier alpha value is 2.39. The lowest BCUT2D eigenvalue weighted by Crippen LogP contribution is -2.71. The normalized spacial score (nSPS) is 19.1. The predicted octanol–water partition coefficient (Wildman–Crippen LogP) is 6.50. The molecule has 0 aliphatic carbocycles.